The first-order valence-electron chi connectivity index (χ1n) is 5.48. The Morgan fingerprint density at radius 1 is 1.31 bits per heavy atom. The highest BCUT2D eigenvalue weighted by Gasteiger charge is 2.58. The number of aliphatic carboxylic acids is 1. The fourth-order valence-electron chi connectivity index (χ4n) is 2.68. The zero-order valence-corrected chi connectivity index (χ0v) is 8.96. The molecule has 0 aromatic rings. The summed E-state index contributed by atoms with van der Waals surface area (Å²) in [5.41, 5.74) is -2.19. The number of nitrogens with zero attached hydrogens (tertiary/aromatic N) is 3. The highest BCUT2D eigenvalue weighted by atomic mass is 16.4. The van der Waals surface area contributed by atoms with E-state index in [1.165, 1.54) is 6.21 Å². The van der Waals surface area contributed by atoms with Crippen LogP contribution < -0.4 is 0 Å². The second-order valence-corrected chi connectivity index (χ2v) is 4.46. The predicted octanol–water partition coefficient (Wildman–Crippen LogP) is 1.20. The van der Waals surface area contributed by atoms with Gasteiger partial charge in [-0.15, -0.1) is 5.10 Å². The van der Waals surface area contributed by atoms with E-state index in [0.717, 1.165) is 19.3 Å². The number of rotatable bonds is 3. The quantitative estimate of drug-likeness (QED) is 0.755. The van der Waals surface area contributed by atoms with Crippen molar-refractivity contribution in [2.45, 2.75) is 37.6 Å². The molecule has 0 bridgehead atoms. The Kier molecular flexibility index (Phi) is 2.75. The number of carboxylic acids is 1. The normalized spacial score (nSPS) is 31.8. The summed E-state index contributed by atoms with van der Waals surface area (Å²) >= 11 is 0. The Balaban J connectivity index is 2.41. The minimum atomic E-state index is -1.15. The van der Waals surface area contributed by atoms with Gasteiger partial charge in [0.2, 0.25) is 0 Å². The molecule has 0 aromatic heterocycles. The number of hydrogen-bond acceptors (Lipinski definition) is 5. The lowest BCUT2D eigenvalue weighted by Gasteiger charge is -2.41. The summed E-state index contributed by atoms with van der Waals surface area (Å²) in [5.74, 6) is -0.909. The third-order valence-electron chi connectivity index (χ3n) is 3.73. The maximum absolute atomic E-state index is 11.6. The van der Waals surface area contributed by atoms with Gasteiger partial charge < -0.3 is 10.2 Å². The maximum Gasteiger partial charge on any atom is 0.312 e. The molecule has 1 fully saturated rings. The number of hydrogen-bond donors (Lipinski definition) is 2. The second-order valence-electron chi connectivity index (χ2n) is 4.46. The molecule has 0 amide bonds. The third-order valence-corrected chi connectivity index (χ3v) is 3.73. The number of carbonyl (C=O) groups is 1. The van der Waals surface area contributed by atoms with Crippen molar-refractivity contribution in [2.75, 3.05) is 6.61 Å². The second kappa shape index (κ2) is 3.93. The van der Waals surface area contributed by atoms with Crippen LogP contribution in [0.3, 0.4) is 0 Å². The summed E-state index contributed by atoms with van der Waals surface area (Å²) in [6, 6.07) is 0. The molecule has 0 saturated heterocycles. The Morgan fingerprint density at radius 2 is 2.00 bits per heavy atom. The van der Waals surface area contributed by atoms with Crippen LogP contribution >= 0.6 is 0 Å². The number of carboxylic acid groups (broad SMARTS) is 1. The molecule has 0 radical (unpaired) electrons. The first-order chi connectivity index (χ1) is 7.67. The predicted molar refractivity (Wildman–Crippen MR) is 56.3 cm³/mol. The maximum atomic E-state index is 11.6. The first kappa shape index (κ1) is 11.2. The summed E-state index contributed by atoms with van der Waals surface area (Å²) < 4.78 is 0. The molecule has 1 aliphatic carbocycles. The van der Waals surface area contributed by atoms with E-state index >= 15 is 0 Å². The van der Waals surface area contributed by atoms with Crippen molar-refractivity contribution in [2.24, 2.45) is 20.9 Å². The molecular formula is C10H15N3O3. The Labute approximate surface area is 93.1 Å². The molecule has 88 valence electrons. The highest BCUT2D eigenvalue weighted by molar-refractivity contribution is 5.87. The molecule has 0 spiro atoms. The molecule has 16 heavy (non-hydrogen) atoms. The van der Waals surface area contributed by atoms with Crippen LogP contribution in [0.1, 0.15) is 32.1 Å². The van der Waals surface area contributed by atoms with E-state index in [4.69, 9.17) is 0 Å². The van der Waals surface area contributed by atoms with Gasteiger partial charge in [-0.1, -0.05) is 19.3 Å². The van der Waals surface area contributed by atoms with E-state index in [0.29, 0.717) is 12.8 Å². The van der Waals surface area contributed by atoms with Gasteiger partial charge in [-0.2, -0.15) is 5.11 Å². The highest BCUT2D eigenvalue weighted by Crippen LogP contribution is 2.47. The van der Waals surface area contributed by atoms with Gasteiger partial charge >= 0.3 is 5.97 Å². The Bertz CT molecular complexity index is 333. The standard InChI is InChI=1S/C10H15N3O3/c14-7-10(6-11-13-12-10)9(8(15)16)4-2-1-3-5-9/h6,14H,1-5,7H2,(H,15,16). The van der Waals surface area contributed by atoms with Crippen LogP contribution in [-0.4, -0.2) is 34.5 Å². The summed E-state index contributed by atoms with van der Waals surface area (Å²) in [6.45, 7) is -0.355. The monoisotopic (exact) mass is 225 g/mol. The Hall–Kier alpha value is -1.30. The molecule has 0 aromatic carbocycles. The van der Waals surface area contributed by atoms with Gasteiger partial charge in [0.25, 0.3) is 0 Å². The van der Waals surface area contributed by atoms with Crippen molar-refractivity contribution < 1.29 is 15.0 Å². The summed E-state index contributed by atoms with van der Waals surface area (Å²) in [4.78, 5) is 11.6. The summed E-state index contributed by atoms with van der Waals surface area (Å²) in [6.07, 6.45) is 5.15. The van der Waals surface area contributed by atoms with Gasteiger partial charge in [0.05, 0.1) is 12.8 Å². The van der Waals surface area contributed by atoms with Gasteiger partial charge in [-0.3, -0.25) is 4.79 Å². The molecule has 1 saturated carbocycles. The minimum Gasteiger partial charge on any atom is -0.481 e. The fraction of sp³-hybridized carbons (Fsp3) is 0.800. The molecule has 6 heteroatoms. The van der Waals surface area contributed by atoms with Crippen molar-refractivity contribution in [3.8, 4) is 0 Å². The molecule has 2 rings (SSSR count). The number of aliphatic hydroxyl groups excluding tert-OH is 1. The van der Waals surface area contributed by atoms with Crippen LogP contribution in [0.4, 0.5) is 0 Å². The lowest BCUT2D eigenvalue weighted by molar-refractivity contribution is -0.155. The molecule has 1 aliphatic heterocycles. The average molecular weight is 225 g/mol. The SMILES string of the molecule is O=C(O)C1(C2(CO)C=NN=N2)CCCCC1. The van der Waals surface area contributed by atoms with Gasteiger partial charge in [0, 0.05) is 0 Å². The van der Waals surface area contributed by atoms with Crippen LogP contribution in [0.15, 0.2) is 15.4 Å². The van der Waals surface area contributed by atoms with Crippen LogP contribution in [0, 0.1) is 5.41 Å². The van der Waals surface area contributed by atoms with Crippen molar-refractivity contribution in [1.82, 2.24) is 0 Å². The van der Waals surface area contributed by atoms with Crippen molar-refractivity contribution in [3.05, 3.63) is 0 Å². The summed E-state index contributed by atoms with van der Waals surface area (Å²) in [5, 5.41) is 29.9. The van der Waals surface area contributed by atoms with E-state index in [1.54, 1.807) is 0 Å². The molecular weight excluding hydrogens is 210 g/mol. The van der Waals surface area contributed by atoms with Crippen molar-refractivity contribution >= 4 is 12.2 Å². The molecule has 2 aliphatic rings. The van der Waals surface area contributed by atoms with E-state index in [-0.39, 0.29) is 6.61 Å². The van der Waals surface area contributed by atoms with E-state index < -0.39 is 16.9 Å². The lowest BCUT2D eigenvalue weighted by Crippen LogP contribution is -2.55. The molecule has 1 atom stereocenters. The molecule has 6 nitrogen and oxygen atoms in total. The van der Waals surface area contributed by atoms with Crippen LogP contribution in [-0.2, 0) is 4.79 Å². The van der Waals surface area contributed by atoms with Gasteiger partial charge in [-0.25, -0.2) is 0 Å². The largest absolute Gasteiger partial charge is 0.481 e. The van der Waals surface area contributed by atoms with Gasteiger partial charge in [-0.05, 0) is 18.1 Å². The Morgan fingerprint density at radius 3 is 2.44 bits per heavy atom. The van der Waals surface area contributed by atoms with E-state index in [1.807, 2.05) is 0 Å². The smallest absolute Gasteiger partial charge is 0.312 e. The molecule has 2 N–H and O–H groups in total. The van der Waals surface area contributed by atoms with Crippen LogP contribution in [0.5, 0.6) is 0 Å². The zero-order valence-electron chi connectivity index (χ0n) is 8.96. The molecule has 1 heterocycles. The fourth-order valence-corrected chi connectivity index (χ4v) is 2.68. The number of aliphatic hydroxyl groups is 1. The lowest BCUT2D eigenvalue weighted by atomic mass is 9.62. The third kappa shape index (κ3) is 1.36. The van der Waals surface area contributed by atoms with E-state index in [2.05, 4.69) is 15.4 Å². The topological polar surface area (TPSA) is 94.6 Å². The average Bonchev–Trinajstić information content (AvgIpc) is 2.80. The summed E-state index contributed by atoms with van der Waals surface area (Å²) in [7, 11) is 0. The van der Waals surface area contributed by atoms with Crippen molar-refractivity contribution in [1.29, 1.82) is 0 Å². The minimum absolute atomic E-state index is 0.355. The molecule has 1 unspecified atom stereocenters. The van der Waals surface area contributed by atoms with Crippen LogP contribution in [0.25, 0.3) is 0 Å². The van der Waals surface area contributed by atoms with Crippen LogP contribution in [0.2, 0.25) is 0 Å². The van der Waals surface area contributed by atoms with Gasteiger partial charge in [0.15, 0.2) is 5.54 Å². The van der Waals surface area contributed by atoms with Gasteiger partial charge in [0.1, 0.15) is 5.41 Å². The van der Waals surface area contributed by atoms with E-state index in [9.17, 15) is 15.0 Å². The first-order valence-corrected chi connectivity index (χ1v) is 5.48. The zero-order chi connectivity index (χ0) is 11.6. The van der Waals surface area contributed by atoms with Crippen molar-refractivity contribution in [3.63, 3.8) is 0 Å².